The van der Waals surface area contributed by atoms with Gasteiger partial charge in [0.15, 0.2) is 0 Å². The second-order valence-corrected chi connectivity index (χ2v) is 6.98. The Hall–Kier alpha value is -2.90. The number of nitrogens with zero attached hydrogens (tertiary/aromatic N) is 1. The van der Waals surface area contributed by atoms with Crippen LogP contribution in [0.5, 0.6) is 0 Å². The number of hydrogen-bond donors (Lipinski definition) is 3. The number of hydrogen-bond acceptors (Lipinski definition) is 4. The van der Waals surface area contributed by atoms with Gasteiger partial charge >= 0.3 is 0 Å². The van der Waals surface area contributed by atoms with Crippen LogP contribution in [0.2, 0.25) is 5.02 Å². The molecule has 29 heavy (non-hydrogen) atoms. The quantitative estimate of drug-likeness (QED) is 0.613. The SMILES string of the molecule is CCN(CC(=O)Nc1ccc(NC(C)=O)cc1)C(C)C(=O)Nc1ccc(Cl)cc1. The molecule has 0 radical (unpaired) electrons. The standard InChI is InChI=1S/C21H25ClN4O3/c1-4-26(14(2)21(29)25-19-7-5-16(22)6-8-19)13-20(28)24-18-11-9-17(10-12-18)23-15(3)27/h5-12,14H,4,13H2,1-3H3,(H,23,27)(H,24,28)(H,25,29). The van der Waals surface area contributed by atoms with E-state index in [-0.39, 0.29) is 24.3 Å². The summed E-state index contributed by atoms with van der Waals surface area (Å²) in [5, 5.41) is 8.88. The first-order valence-corrected chi connectivity index (χ1v) is 9.64. The van der Waals surface area contributed by atoms with Crippen molar-refractivity contribution in [2.24, 2.45) is 0 Å². The molecule has 154 valence electrons. The van der Waals surface area contributed by atoms with E-state index in [0.717, 1.165) is 0 Å². The van der Waals surface area contributed by atoms with Gasteiger partial charge in [0.1, 0.15) is 0 Å². The minimum atomic E-state index is -0.497. The van der Waals surface area contributed by atoms with Crippen LogP contribution in [-0.4, -0.2) is 41.8 Å². The molecule has 0 aliphatic rings. The smallest absolute Gasteiger partial charge is 0.241 e. The fourth-order valence-electron chi connectivity index (χ4n) is 2.69. The Morgan fingerprint density at radius 2 is 1.38 bits per heavy atom. The predicted octanol–water partition coefficient (Wildman–Crippen LogP) is 3.59. The zero-order chi connectivity index (χ0) is 21.4. The van der Waals surface area contributed by atoms with Crippen molar-refractivity contribution in [3.63, 3.8) is 0 Å². The highest BCUT2D eigenvalue weighted by Crippen LogP contribution is 2.15. The molecule has 2 aromatic rings. The van der Waals surface area contributed by atoms with E-state index in [0.29, 0.717) is 28.6 Å². The highest BCUT2D eigenvalue weighted by molar-refractivity contribution is 6.30. The first kappa shape index (κ1) is 22.4. The first-order valence-electron chi connectivity index (χ1n) is 9.26. The van der Waals surface area contributed by atoms with E-state index in [1.165, 1.54) is 6.92 Å². The van der Waals surface area contributed by atoms with Gasteiger partial charge in [-0.15, -0.1) is 0 Å². The highest BCUT2D eigenvalue weighted by Gasteiger charge is 2.22. The van der Waals surface area contributed by atoms with Crippen LogP contribution in [0.4, 0.5) is 17.1 Å². The van der Waals surface area contributed by atoms with E-state index >= 15 is 0 Å². The van der Waals surface area contributed by atoms with Crippen LogP contribution in [0.3, 0.4) is 0 Å². The molecule has 0 saturated carbocycles. The van der Waals surface area contributed by atoms with Crippen molar-refractivity contribution in [1.82, 2.24) is 4.90 Å². The Morgan fingerprint density at radius 3 is 1.90 bits per heavy atom. The van der Waals surface area contributed by atoms with E-state index in [4.69, 9.17) is 11.6 Å². The van der Waals surface area contributed by atoms with Gasteiger partial charge in [0.25, 0.3) is 0 Å². The topological polar surface area (TPSA) is 90.5 Å². The molecule has 0 aromatic heterocycles. The van der Waals surface area contributed by atoms with Crippen LogP contribution < -0.4 is 16.0 Å². The lowest BCUT2D eigenvalue weighted by Gasteiger charge is -2.26. The summed E-state index contributed by atoms with van der Waals surface area (Å²) < 4.78 is 0. The number of carbonyl (C=O) groups is 3. The van der Waals surface area contributed by atoms with Crippen molar-refractivity contribution in [2.45, 2.75) is 26.8 Å². The van der Waals surface area contributed by atoms with Crippen molar-refractivity contribution in [3.05, 3.63) is 53.6 Å². The molecule has 0 aliphatic carbocycles. The third-order valence-corrected chi connectivity index (χ3v) is 4.53. The van der Waals surface area contributed by atoms with E-state index < -0.39 is 6.04 Å². The van der Waals surface area contributed by atoms with Gasteiger partial charge in [-0.2, -0.15) is 0 Å². The van der Waals surface area contributed by atoms with Gasteiger partial charge in [0.05, 0.1) is 12.6 Å². The zero-order valence-corrected chi connectivity index (χ0v) is 17.4. The summed E-state index contributed by atoms with van der Waals surface area (Å²) in [4.78, 5) is 37.7. The molecule has 0 fully saturated rings. The maximum atomic E-state index is 12.5. The lowest BCUT2D eigenvalue weighted by Crippen LogP contribution is -2.45. The average Bonchev–Trinajstić information content (AvgIpc) is 2.68. The molecule has 1 unspecified atom stereocenters. The van der Waals surface area contributed by atoms with Gasteiger partial charge in [0.2, 0.25) is 17.7 Å². The van der Waals surface area contributed by atoms with Crippen LogP contribution in [0.15, 0.2) is 48.5 Å². The van der Waals surface area contributed by atoms with Gasteiger partial charge in [-0.3, -0.25) is 19.3 Å². The van der Waals surface area contributed by atoms with Crippen LogP contribution in [-0.2, 0) is 14.4 Å². The third-order valence-electron chi connectivity index (χ3n) is 4.28. The van der Waals surface area contributed by atoms with E-state index in [1.807, 2.05) is 6.92 Å². The molecule has 3 amide bonds. The lowest BCUT2D eigenvalue weighted by molar-refractivity contribution is -0.123. The molecule has 2 rings (SSSR count). The molecular formula is C21H25ClN4O3. The monoisotopic (exact) mass is 416 g/mol. The van der Waals surface area contributed by atoms with E-state index in [9.17, 15) is 14.4 Å². The van der Waals surface area contributed by atoms with Crippen molar-refractivity contribution in [3.8, 4) is 0 Å². The number of benzene rings is 2. The van der Waals surface area contributed by atoms with Gasteiger partial charge in [0, 0.05) is 29.0 Å². The number of anilines is 3. The summed E-state index contributed by atoms with van der Waals surface area (Å²) in [7, 11) is 0. The molecule has 1 atom stereocenters. The Balaban J connectivity index is 1.91. The number of amides is 3. The number of halogens is 1. The van der Waals surface area contributed by atoms with Gasteiger partial charge in [-0.25, -0.2) is 0 Å². The normalized spacial score (nSPS) is 11.6. The number of nitrogens with one attached hydrogen (secondary N) is 3. The van der Waals surface area contributed by atoms with Gasteiger partial charge in [-0.1, -0.05) is 18.5 Å². The number of rotatable bonds is 8. The number of carbonyl (C=O) groups excluding carboxylic acids is 3. The second-order valence-electron chi connectivity index (χ2n) is 6.54. The molecular weight excluding hydrogens is 392 g/mol. The second kappa shape index (κ2) is 10.6. The van der Waals surface area contributed by atoms with Crippen LogP contribution >= 0.6 is 11.6 Å². The van der Waals surface area contributed by atoms with Crippen molar-refractivity contribution < 1.29 is 14.4 Å². The minimum absolute atomic E-state index is 0.0686. The molecule has 0 bridgehead atoms. The summed E-state index contributed by atoms with van der Waals surface area (Å²) >= 11 is 5.85. The molecule has 0 saturated heterocycles. The Labute approximate surface area is 175 Å². The van der Waals surface area contributed by atoms with Crippen molar-refractivity contribution in [1.29, 1.82) is 0 Å². The van der Waals surface area contributed by atoms with E-state index in [1.54, 1.807) is 60.4 Å². The van der Waals surface area contributed by atoms with Crippen molar-refractivity contribution >= 4 is 46.4 Å². The van der Waals surface area contributed by atoms with Crippen LogP contribution in [0.1, 0.15) is 20.8 Å². The molecule has 7 nitrogen and oxygen atoms in total. The maximum Gasteiger partial charge on any atom is 0.241 e. The first-order chi connectivity index (χ1) is 13.8. The minimum Gasteiger partial charge on any atom is -0.326 e. The lowest BCUT2D eigenvalue weighted by atomic mass is 10.2. The number of likely N-dealkylation sites (N-methyl/N-ethyl adjacent to an activating group) is 1. The van der Waals surface area contributed by atoms with Gasteiger partial charge in [-0.05, 0) is 62.0 Å². The summed E-state index contributed by atoms with van der Waals surface area (Å²) in [6, 6.07) is 13.2. The maximum absolute atomic E-state index is 12.5. The summed E-state index contributed by atoms with van der Waals surface area (Å²) in [6.45, 7) is 5.67. The third kappa shape index (κ3) is 7.21. The zero-order valence-electron chi connectivity index (χ0n) is 16.7. The predicted molar refractivity (Wildman–Crippen MR) is 116 cm³/mol. The highest BCUT2D eigenvalue weighted by atomic mass is 35.5. The van der Waals surface area contributed by atoms with Gasteiger partial charge < -0.3 is 16.0 Å². The molecule has 0 heterocycles. The fraction of sp³-hybridized carbons (Fsp3) is 0.286. The largest absolute Gasteiger partial charge is 0.326 e. The molecule has 0 aliphatic heterocycles. The molecule has 3 N–H and O–H groups in total. The Morgan fingerprint density at radius 1 is 0.897 bits per heavy atom. The van der Waals surface area contributed by atoms with Crippen LogP contribution in [0.25, 0.3) is 0 Å². The van der Waals surface area contributed by atoms with Crippen LogP contribution in [0, 0.1) is 0 Å². The Kier molecular flexibility index (Phi) is 8.18. The van der Waals surface area contributed by atoms with E-state index in [2.05, 4.69) is 16.0 Å². The summed E-state index contributed by atoms with van der Waals surface area (Å²) in [5.74, 6) is -0.599. The Bertz CT molecular complexity index is 853. The van der Waals surface area contributed by atoms with Crippen molar-refractivity contribution in [2.75, 3.05) is 29.0 Å². The summed E-state index contributed by atoms with van der Waals surface area (Å²) in [5.41, 5.74) is 1.91. The molecule has 2 aromatic carbocycles. The summed E-state index contributed by atoms with van der Waals surface area (Å²) in [6.07, 6.45) is 0. The molecule has 0 spiro atoms. The fourth-order valence-corrected chi connectivity index (χ4v) is 2.82. The average molecular weight is 417 g/mol. The molecule has 8 heteroatoms.